The van der Waals surface area contributed by atoms with Crippen molar-refractivity contribution in [3.63, 3.8) is 0 Å². The van der Waals surface area contributed by atoms with E-state index in [2.05, 4.69) is 30.5 Å². The quantitative estimate of drug-likeness (QED) is 0.752. The summed E-state index contributed by atoms with van der Waals surface area (Å²) in [7, 11) is 0. The Morgan fingerprint density at radius 2 is 1.91 bits per heavy atom. The fourth-order valence-electron chi connectivity index (χ4n) is 3.34. The van der Waals surface area contributed by atoms with Gasteiger partial charge in [-0.2, -0.15) is 0 Å². The van der Waals surface area contributed by atoms with Crippen LogP contribution in [0.4, 0.5) is 5.69 Å². The first-order chi connectivity index (χ1) is 10.7. The van der Waals surface area contributed by atoms with E-state index in [0.29, 0.717) is 0 Å². The number of benzene rings is 1. The van der Waals surface area contributed by atoms with E-state index in [1.54, 1.807) is 0 Å². The zero-order valence-corrected chi connectivity index (χ0v) is 15.3. The summed E-state index contributed by atoms with van der Waals surface area (Å²) < 4.78 is 0. The maximum absolute atomic E-state index is 12.5. The number of hydrogen-bond donors (Lipinski definition) is 2. The maximum atomic E-state index is 12.5. The lowest BCUT2D eigenvalue weighted by Crippen LogP contribution is -2.24. The number of amides is 1. The molecule has 1 aromatic rings. The van der Waals surface area contributed by atoms with Gasteiger partial charge in [-0.1, -0.05) is 64.2 Å². The van der Waals surface area contributed by atoms with Gasteiger partial charge in [-0.15, -0.1) is 12.4 Å². The molecule has 2 rings (SSSR count). The van der Waals surface area contributed by atoms with Crippen molar-refractivity contribution in [2.45, 2.75) is 58.9 Å². The first kappa shape index (κ1) is 20.0. The lowest BCUT2D eigenvalue weighted by atomic mass is 9.83. The summed E-state index contributed by atoms with van der Waals surface area (Å²) in [6.45, 7) is 5.88. The van der Waals surface area contributed by atoms with Crippen molar-refractivity contribution in [2.24, 2.45) is 11.8 Å². The van der Waals surface area contributed by atoms with Crippen LogP contribution in [0.3, 0.4) is 0 Å². The Hall–Kier alpha value is -1.06. The van der Waals surface area contributed by atoms with Crippen LogP contribution in [-0.2, 0) is 11.3 Å². The number of carbonyl (C=O) groups excluding carboxylic acids is 1. The van der Waals surface area contributed by atoms with Crippen LogP contribution < -0.4 is 10.6 Å². The highest BCUT2D eigenvalue weighted by Gasteiger charge is 2.21. The molecular formula is C19H31ClN2O. The van der Waals surface area contributed by atoms with Crippen LogP contribution in [-0.4, -0.2) is 12.5 Å². The number of carbonyl (C=O) groups is 1. The molecule has 2 N–H and O–H groups in total. The van der Waals surface area contributed by atoms with Gasteiger partial charge in [0.05, 0.1) is 0 Å². The summed E-state index contributed by atoms with van der Waals surface area (Å²) in [6.07, 6.45) is 7.67. The molecule has 0 saturated heterocycles. The molecule has 1 aliphatic rings. The molecule has 1 aliphatic carbocycles. The molecule has 0 bridgehead atoms. The highest BCUT2D eigenvalue weighted by molar-refractivity contribution is 5.93. The van der Waals surface area contributed by atoms with Crippen LogP contribution in [0.2, 0.25) is 0 Å². The molecule has 1 atom stereocenters. The molecule has 1 aromatic carbocycles. The Kier molecular flexibility index (Phi) is 9.27. The fraction of sp³-hybridized carbons (Fsp3) is 0.632. The van der Waals surface area contributed by atoms with Gasteiger partial charge in [-0.3, -0.25) is 4.79 Å². The molecule has 0 radical (unpaired) electrons. The highest BCUT2D eigenvalue weighted by Crippen LogP contribution is 2.29. The average Bonchev–Trinajstić information content (AvgIpc) is 2.55. The second kappa shape index (κ2) is 10.7. The van der Waals surface area contributed by atoms with Crippen LogP contribution in [0, 0.1) is 11.8 Å². The van der Waals surface area contributed by atoms with Crippen molar-refractivity contribution in [1.82, 2.24) is 5.32 Å². The van der Waals surface area contributed by atoms with Crippen LogP contribution in [0.25, 0.3) is 0 Å². The van der Waals surface area contributed by atoms with Crippen LogP contribution in [0.1, 0.15) is 57.9 Å². The second-order valence-corrected chi connectivity index (χ2v) is 6.57. The zero-order chi connectivity index (χ0) is 15.8. The number of halogens is 1. The second-order valence-electron chi connectivity index (χ2n) is 6.57. The van der Waals surface area contributed by atoms with Crippen LogP contribution in [0.5, 0.6) is 0 Å². The summed E-state index contributed by atoms with van der Waals surface area (Å²) >= 11 is 0. The summed E-state index contributed by atoms with van der Waals surface area (Å²) in [5, 5.41) is 6.45. The van der Waals surface area contributed by atoms with Gasteiger partial charge in [0, 0.05) is 18.2 Å². The van der Waals surface area contributed by atoms with Gasteiger partial charge < -0.3 is 10.6 Å². The lowest BCUT2D eigenvalue weighted by molar-refractivity contribution is -0.120. The normalized spacial score (nSPS) is 16.4. The van der Waals surface area contributed by atoms with Crippen molar-refractivity contribution >= 4 is 24.0 Å². The van der Waals surface area contributed by atoms with E-state index >= 15 is 0 Å². The minimum Gasteiger partial charge on any atom is -0.326 e. The number of rotatable bonds is 7. The molecule has 1 unspecified atom stereocenters. The predicted molar refractivity (Wildman–Crippen MR) is 100 cm³/mol. The Labute approximate surface area is 147 Å². The maximum Gasteiger partial charge on any atom is 0.227 e. The van der Waals surface area contributed by atoms with Gasteiger partial charge in [0.1, 0.15) is 0 Å². The molecule has 1 amide bonds. The predicted octanol–water partition coefficient (Wildman–Crippen LogP) is 4.76. The molecule has 4 heteroatoms. The number of para-hydroxylation sites is 1. The molecule has 3 nitrogen and oxygen atoms in total. The molecule has 0 aliphatic heterocycles. The molecule has 23 heavy (non-hydrogen) atoms. The molecule has 0 spiro atoms. The van der Waals surface area contributed by atoms with E-state index < -0.39 is 0 Å². The Balaban J connectivity index is 0.00000264. The standard InChI is InChI=1S/C19H30N2O.ClH/c1-3-20-14-17-11-7-8-12-18(17)21-19(22)15(2)13-16-9-5-4-6-10-16;/h7-8,11-12,15-16,20H,3-6,9-10,13-14H2,1-2H3,(H,21,22);1H. The van der Waals surface area contributed by atoms with Crippen molar-refractivity contribution in [1.29, 1.82) is 0 Å². The minimum atomic E-state index is 0. The fourth-order valence-corrected chi connectivity index (χ4v) is 3.34. The molecule has 0 heterocycles. The van der Waals surface area contributed by atoms with Crippen molar-refractivity contribution in [2.75, 3.05) is 11.9 Å². The van der Waals surface area contributed by atoms with E-state index in [4.69, 9.17) is 0 Å². The topological polar surface area (TPSA) is 41.1 Å². The van der Waals surface area contributed by atoms with E-state index in [9.17, 15) is 4.79 Å². The minimum absolute atomic E-state index is 0. The Morgan fingerprint density at radius 3 is 2.61 bits per heavy atom. The molecule has 1 saturated carbocycles. The van der Waals surface area contributed by atoms with Gasteiger partial charge in [0.15, 0.2) is 0 Å². The SMILES string of the molecule is CCNCc1ccccc1NC(=O)C(C)CC1CCCCC1.Cl. The van der Waals surface area contributed by atoms with E-state index in [1.165, 1.54) is 32.1 Å². The zero-order valence-electron chi connectivity index (χ0n) is 14.4. The van der Waals surface area contributed by atoms with Crippen molar-refractivity contribution < 1.29 is 4.79 Å². The largest absolute Gasteiger partial charge is 0.326 e. The van der Waals surface area contributed by atoms with Crippen molar-refractivity contribution in [3.05, 3.63) is 29.8 Å². The molecular weight excluding hydrogens is 308 g/mol. The average molecular weight is 339 g/mol. The summed E-state index contributed by atoms with van der Waals surface area (Å²) in [5.74, 6) is 0.997. The molecule has 1 fully saturated rings. The van der Waals surface area contributed by atoms with Gasteiger partial charge in [0.25, 0.3) is 0 Å². The van der Waals surface area contributed by atoms with Crippen LogP contribution in [0.15, 0.2) is 24.3 Å². The van der Waals surface area contributed by atoms with E-state index in [0.717, 1.165) is 36.7 Å². The van der Waals surface area contributed by atoms with Gasteiger partial charge in [0.2, 0.25) is 5.91 Å². The van der Waals surface area contributed by atoms with E-state index in [-0.39, 0.29) is 24.2 Å². The molecule has 130 valence electrons. The number of anilines is 1. The third-order valence-electron chi connectivity index (χ3n) is 4.70. The first-order valence-electron chi connectivity index (χ1n) is 8.80. The van der Waals surface area contributed by atoms with Crippen LogP contribution >= 0.6 is 12.4 Å². The highest BCUT2D eigenvalue weighted by atomic mass is 35.5. The Bertz CT molecular complexity index is 472. The smallest absolute Gasteiger partial charge is 0.227 e. The van der Waals surface area contributed by atoms with Gasteiger partial charge in [-0.05, 0) is 30.5 Å². The lowest BCUT2D eigenvalue weighted by Gasteiger charge is -2.24. The number of hydrogen-bond acceptors (Lipinski definition) is 2. The molecule has 0 aromatic heterocycles. The van der Waals surface area contributed by atoms with Gasteiger partial charge in [-0.25, -0.2) is 0 Å². The monoisotopic (exact) mass is 338 g/mol. The summed E-state index contributed by atoms with van der Waals surface area (Å²) in [5.41, 5.74) is 2.10. The van der Waals surface area contributed by atoms with Crippen molar-refractivity contribution in [3.8, 4) is 0 Å². The van der Waals surface area contributed by atoms with Gasteiger partial charge >= 0.3 is 0 Å². The third kappa shape index (κ3) is 6.52. The first-order valence-corrected chi connectivity index (χ1v) is 8.80. The summed E-state index contributed by atoms with van der Waals surface area (Å²) in [6, 6.07) is 8.08. The number of nitrogens with one attached hydrogen (secondary N) is 2. The summed E-state index contributed by atoms with van der Waals surface area (Å²) in [4.78, 5) is 12.5. The Morgan fingerprint density at radius 1 is 1.22 bits per heavy atom. The van der Waals surface area contributed by atoms with E-state index in [1.807, 2.05) is 18.2 Å². The third-order valence-corrected chi connectivity index (χ3v) is 4.70.